The van der Waals surface area contributed by atoms with Crippen LogP contribution in [0.5, 0.6) is 0 Å². The zero-order valence-electron chi connectivity index (χ0n) is 6.43. The van der Waals surface area contributed by atoms with E-state index in [-0.39, 0.29) is 5.69 Å². The maximum absolute atomic E-state index is 8.63. The minimum Gasteiger partial charge on any atom is -0.321 e. The van der Waals surface area contributed by atoms with Gasteiger partial charge in [-0.3, -0.25) is 5.84 Å². The predicted octanol–water partition coefficient (Wildman–Crippen LogP) is 1.20. The Kier molecular flexibility index (Phi) is 2.48. The molecule has 0 spiro atoms. The highest BCUT2D eigenvalue weighted by Crippen LogP contribution is 2.20. The molecule has 5 heteroatoms. The SMILES string of the molecule is Cc1cc(Cl)nc(C#N)c1NN. The molecule has 0 saturated carbocycles. The molecule has 0 aliphatic rings. The zero-order valence-corrected chi connectivity index (χ0v) is 7.18. The molecule has 3 N–H and O–H groups in total. The smallest absolute Gasteiger partial charge is 0.166 e. The quantitative estimate of drug-likeness (QED) is 0.389. The van der Waals surface area contributed by atoms with Gasteiger partial charge in [0.2, 0.25) is 0 Å². The average molecular weight is 183 g/mol. The number of anilines is 1. The lowest BCUT2D eigenvalue weighted by atomic mass is 10.2. The van der Waals surface area contributed by atoms with Crippen LogP contribution in [0.1, 0.15) is 11.3 Å². The number of nitrogens with two attached hydrogens (primary N) is 1. The molecule has 0 aliphatic heterocycles. The highest BCUT2D eigenvalue weighted by Gasteiger charge is 2.06. The third-order valence-corrected chi connectivity index (χ3v) is 1.63. The molecule has 0 aromatic carbocycles. The molecule has 0 fully saturated rings. The molecule has 0 aliphatic carbocycles. The summed E-state index contributed by atoms with van der Waals surface area (Å²) in [6, 6.07) is 3.53. The van der Waals surface area contributed by atoms with E-state index in [0.717, 1.165) is 5.56 Å². The Bertz CT molecular complexity index is 342. The Morgan fingerprint density at radius 2 is 2.42 bits per heavy atom. The second kappa shape index (κ2) is 3.39. The molecule has 0 bridgehead atoms. The molecular formula is C7H7ClN4. The number of nitrogen functional groups attached to an aromatic ring is 1. The number of aromatic nitrogens is 1. The topological polar surface area (TPSA) is 74.7 Å². The third-order valence-electron chi connectivity index (χ3n) is 1.44. The largest absolute Gasteiger partial charge is 0.321 e. The summed E-state index contributed by atoms with van der Waals surface area (Å²) in [5, 5.41) is 8.93. The second-order valence-corrected chi connectivity index (χ2v) is 2.63. The van der Waals surface area contributed by atoms with Crippen LogP contribution in [-0.4, -0.2) is 4.98 Å². The summed E-state index contributed by atoms with van der Waals surface area (Å²) in [6.07, 6.45) is 0. The number of aryl methyl sites for hydroxylation is 1. The van der Waals surface area contributed by atoms with Gasteiger partial charge in [0.15, 0.2) is 5.69 Å². The molecule has 4 nitrogen and oxygen atoms in total. The normalized spacial score (nSPS) is 9.17. The van der Waals surface area contributed by atoms with Crippen LogP contribution in [0.2, 0.25) is 5.15 Å². The van der Waals surface area contributed by atoms with Gasteiger partial charge in [-0.25, -0.2) is 4.98 Å². The van der Waals surface area contributed by atoms with Crippen molar-refractivity contribution in [2.45, 2.75) is 6.92 Å². The predicted molar refractivity (Wildman–Crippen MR) is 46.5 cm³/mol. The Morgan fingerprint density at radius 1 is 1.75 bits per heavy atom. The van der Waals surface area contributed by atoms with Gasteiger partial charge in [-0.05, 0) is 18.6 Å². The molecule has 0 unspecified atom stereocenters. The van der Waals surface area contributed by atoms with Gasteiger partial charge in [-0.1, -0.05) is 11.6 Å². The van der Waals surface area contributed by atoms with Gasteiger partial charge in [0.25, 0.3) is 0 Å². The van der Waals surface area contributed by atoms with Crippen molar-refractivity contribution in [3.8, 4) is 6.07 Å². The second-order valence-electron chi connectivity index (χ2n) is 2.24. The third kappa shape index (κ3) is 1.47. The molecule has 0 radical (unpaired) electrons. The van der Waals surface area contributed by atoms with Crippen LogP contribution in [0.15, 0.2) is 6.07 Å². The van der Waals surface area contributed by atoms with Crippen LogP contribution >= 0.6 is 11.6 Å². The molecule has 1 rings (SSSR count). The number of pyridine rings is 1. The van der Waals surface area contributed by atoms with E-state index >= 15 is 0 Å². The fourth-order valence-corrected chi connectivity index (χ4v) is 1.14. The summed E-state index contributed by atoms with van der Waals surface area (Å²) in [6.45, 7) is 1.80. The Morgan fingerprint density at radius 3 is 2.92 bits per heavy atom. The van der Waals surface area contributed by atoms with Crippen LogP contribution in [-0.2, 0) is 0 Å². The fourth-order valence-electron chi connectivity index (χ4n) is 0.896. The number of nitriles is 1. The number of halogens is 1. The van der Waals surface area contributed by atoms with Gasteiger partial charge in [-0.15, -0.1) is 0 Å². The molecule has 1 aromatic heterocycles. The van der Waals surface area contributed by atoms with E-state index in [1.54, 1.807) is 13.0 Å². The number of nitrogens with one attached hydrogen (secondary N) is 1. The van der Waals surface area contributed by atoms with Crippen molar-refractivity contribution in [2.24, 2.45) is 5.84 Å². The highest BCUT2D eigenvalue weighted by atomic mass is 35.5. The summed E-state index contributed by atoms with van der Waals surface area (Å²) in [7, 11) is 0. The molecule has 12 heavy (non-hydrogen) atoms. The maximum atomic E-state index is 8.63. The summed E-state index contributed by atoms with van der Waals surface area (Å²) >= 11 is 5.63. The first-order valence-electron chi connectivity index (χ1n) is 3.23. The maximum Gasteiger partial charge on any atom is 0.166 e. The standard InChI is InChI=1S/C7H7ClN4/c1-4-2-6(8)11-5(3-9)7(4)12-10/h2,12H,10H2,1H3. The van der Waals surface area contributed by atoms with E-state index in [1.807, 2.05) is 6.07 Å². The van der Waals surface area contributed by atoms with Crippen LogP contribution in [0, 0.1) is 18.3 Å². The average Bonchev–Trinajstić information content (AvgIpc) is 2.03. The van der Waals surface area contributed by atoms with E-state index in [2.05, 4.69) is 10.4 Å². The van der Waals surface area contributed by atoms with Crippen molar-refractivity contribution in [3.05, 3.63) is 22.5 Å². The van der Waals surface area contributed by atoms with E-state index in [0.29, 0.717) is 10.8 Å². The molecule has 1 aromatic rings. The van der Waals surface area contributed by atoms with Gasteiger partial charge in [-0.2, -0.15) is 5.26 Å². The van der Waals surface area contributed by atoms with Crippen molar-refractivity contribution in [1.29, 1.82) is 5.26 Å². The summed E-state index contributed by atoms with van der Waals surface area (Å²) < 4.78 is 0. The summed E-state index contributed by atoms with van der Waals surface area (Å²) in [4.78, 5) is 3.79. The zero-order chi connectivity index (χ0) is 9.14. The lowest BCUT2D eigenvalue weighted by molar-refractivity contribution is 1.19. The monoisotopic (exact) mass is 182 g/mol. The Balaban J connectivity index is 3.36. The number of hydrogen-bond donors (Lipinski definition) is 2. The summed E-state index contributed by atoms with van der Waals surface area (Å²) in [5.74, 6) is 5.19. The lowest BCUT2D eigenvalue weighted by Crippen LogP contribution is -2.10. The van der Waals surface area contributed by atoms with E-state index in [9.17, 15) is 0 Å². The molecule has 62 valence electrons. The van der Waals surface area contributed by atoms with Crippen LogP contribution in [0.3, 0.4) is 0 Å². The van der Waals surface area contributed by atoms with Gasteiger partial charge < -0.3 is 5.43 Å². The van der Waals surface area contributed by atoms with E-state index in [1.165, 1.54) is 0 Å². The molecule has 0 saturated heterocycles. The highest BCUT2D eigenvalue weighted by molar-refractivity contribution is 6.29. The van der Waals surface area contributed by atoms with Crippen LogP contribution in [0.25, 0.3) is 0 Å². The van der Waals surface area contributed by atoms with Gasteiger partial charge in [0.1, 0.15) is 11.2 Å². The Labute approximate surface area is 74.9 Å². The Hall–Kier alpha value is -1.31. The van der Waals surface area contributed by atoms with Crippen molar-refractivity contribution in [3.63, 3.8) is 0 Å². The molecule has 1 heterocycles. The first kappa shape index (κ1) is 8.78. The number of hydrazine groups is 1. The van der Waals surface area contributed by atoms with Crippen LogP contribution in [0.4, 0.5) is 5.69 Å². The van der Waals surface area contributed by atoms with E-state index in [4.69, 9.17) is 22.7 Å². The minimum atomic E-state index is 0.211. The number of rotatable bonds is 1. The molecule has 0 atom stereocenters. The van der Waals surface area contributed by atoms with Crippen molar-refractivity contribution in [2.75, 3.05) is 5.43 Å². The van der Waals surface area contributed by atoms with Gasteiger partial charge in [0.05, 0.1) is 5.69 Å². The van der Waals surface area contributed by atoms with Crippen molar-refractivity contribution < 1.29 is 0 Å². The van der Waals surface area contributed by atoms with Crippen molar-refractivity contribution in [1.82, 2.24) is 4.98 Å². The molecular weight excluding hydrogens is 176 g/mol. The minimum absolute atomic E-state index is 0.211. The number of nitrogens with zero attached hydrogens (tertiary/aromatic N) is 2. The first-order valence-corrected chi connectivity index (χ1v) is 3.60. The van der Waals surface area contributed by atoms with Crippen molar-refractivity contribution >= 4 is 17.3 Å². The van der Waals surface area contributed by atoms with E-state index < -0.39 is 0 Å². The lowest BCUT2D eigenvalue weighted by Gasteiger charge is -2.05. The van der Waals surface area contributed by atoms with Gasteiger partial charge in [0, 0.05) is 0 Å². The molecule has 0 amide bonds. The van der Waals surface area contributed by atoms with Crippen LogP contribution < -0.4 is 11.3 Å². The number of hydrogen-bond acceptors (Lipinski definition) is 4. The summed E-state index contributed by atoms with van der Waals surface area (Å²) in [5.41, 5.74) is 3.92. The van der Waals surface area contributed by atoms with Gasteiger partial charge >= 0.3 is 0 Å². The fraction of sp³-hybridized carbons (Fsp3) is 0.143. The first-order chi connectivity index (χ1) is 5.69.